The molecule has 1 rings (SSSR count). The van der Waals surface area contributed by atoms with E-state index in [4.69, 9.17) is 14.2 Å². The summed E-state index contributed by atoms with van der Waals surface area (Å²) in [6, 6.07) is 7.26. The summed E-state index contributed by atoms with van der Waals surface area (Å²) < 4.78 is 16.4. The molecule has 22 heavy (non-hydrogen) atoms. The molecule has 124 valence electrons. The van der Waals surface area contributed by atoms with Crippen molar-refractivity contribution >= 4 is 11.6 Å². The third-order valence-electron chi connectivity index (χ3n) is 2.94. The zero-order valence-corrected chi connectivity index (χ0v) is 13.6. The maximum atomic E-state index is 10.9. The van der Waals surface area contributed by atoms with E-state index in [1.54, 1.807) is 0 Å². The first-order valence-electron chi connectivity index (χ1n) is 7.88. The molecule has 0 unspecified atom stereocenters. The molecule has 0 atom stereocenters. The molecular formula is C17H27NO4. The van der Waals surface area contributed by atoms with Gasteiger partial charge in [-0.05, 0) is 30.7 Å². The number of hydrogen-bond acceptors (Lipinski definition) is 4. The second-order valence-corrected chi connectivity index (χ2v) is 4.99. The van der Waals surface area contributed by atoms with Crippen LogP contribution in [-0.4, -0.2) is 38.9 Å². The van der Waals surface area contributed by atoms with Crippen LogP contribution in [0, 0.1) is 0 Å². The second-order valence-electron chi connectivity index (χ2n) is 4.99. The van der Waals surface area contributed by atoms with Crippen LogP contribution in [0.1, 0.15) is 33.1 Å². The molecule has 0 bridgehead atoms. The second kappa shape index (κ2) is 12.0. The van der Waals surface area contributed by atoms with Crippen molar-refractivity contribution in [3.63, 3.8) is 0 Å². The highest BCUT2D eigenvalue weighted by atomic mass is 16.5. The van der Waals surface area contributed by atoms with Gasteiger partial charge in [0.25, 0.3) is 0 Å². The van der Waals surface area contributed by atoms with Gasteiger partial charge in [0, 0.05) is 19.2 Å². The molecule has 0 aliphatic heterocycles. The van der Waals surface area contributed by atoms with E-state index in [2.05, 4.69) is 12.2 Å². The van der Waals surface area contributed by atoms with Gasteiger partial charge in [0.05, 0.1) is 19.8 Å². The van der Waals surface area contributed by atoms with E-state index < -0.39 is 0 Å². The van der Waals surface area contributed by atoms with Crippen LogP contribution in [0.3, 0.4) is 0 Å². The standard InChI is InChI=1S/C17H27NO4/c1-3-4-5-10-20-11-12-21-13-14-22-17-8-6-16(7-9-17)18-15(2)19/h6-9H,3-5,10-14H2,1-2H3,(H,18,19). The largest absolute Gasteiger partial charge is 0.491 e. The first kappa shape index (κ1) is 18.5. The molecule has 0 radical (unpaired) electrons. The molecule has 1 aromatic carbocycles. The monoisotopic (exact) mass is 309 g/mol. The normalized spacial score (nSPS) is 10.5. The fourth-order valence-electron chi connectivity index (χ4n) is 1.83. The van der Waals surface area contributed by atoms with Gasteiger partial charge in [-0.15, -0.1) is 0 Å². The SMILES string of the molecule is CCCCCOCCOCCOc1ccc(NC(C)=O)cc1. The van der Waals surface area contributed by atoms with Gasteiger partial charge in [0.2, 0.25) is 5.91 Å². The number of nitrogens with one attached hydrogen (secondary N) is 1. The molecule has 1 N–H and O–H groups in total. The number of amides is 1. The molecule has 0 saturated carbocycles. The third-order valence-corrected chi connectivity index (χ3v) is 2.94. The Bertz CT molecular complexity index is 406. The summed E-state index contributed by atoms with van der Waals surface area (Å²) in [5.74, 6) is 0.674. The van der Waals surface area contributed by atoms with Gasteiger partial charge in [-0.3, -0.25) is 4.79 Å². The molecule has 5 nitrogen and oxygen atoms in total. The van der Waals surface area contributed by atoms with Crippen molar-refractivity contribution in [2.24, 2.45) is 0 Å². The Kier molecular flexibility index (Phi) is 10.1. The Hall–Kier alpha value is -1.59. The van der Waals surface area contributed by atoms with Gasteiger partial charge >= 0.3 is 0 Å². The molecular weight excluding hydrogens is 282 g/mol. The van der Waals surface area contributed by atoms with E-state index in [1.807, 2.05) is 24.3 Å². The van der Waals surface area contributed by atoms with Crippen molar-refractivity contribution in [3.05, 3.63) is 24.3 Å². The topological polar surface area (TPSA) is 56.8 Å². The molecule has 5 heteroatoms. The van der Waals surface area contributed by atoms with Crippen LogP contribution in [0.25, 0.3) is 0 Å². The first-order chi connectivity index (χ1) is 10.7. The van der Waals surface area contributed by atoms with E-state index >= 15 is 0 Å². The van der Waals surface area contributed by atoms with Gasteiger partial charge in [0.1, 0.15) is 12.4 Å². The predicted octanol–water partition coefficient (Wildman–Crippen LogP) is 3.25. The number of unbranched alkanes of at least 4 members (excludes halogenated alkanes) is 2. The first-order valence-corrected chi connectivity index (χ1v) is 7.88. The smallest absolute Gasteiger partial charge is 0.221 e. The number of ether oxygens (including phenoxy) is 3. The van der Waals surface area contributed by atoms with Crippen LogP contribution in [0.4, 0.5) is 5.69 Å². The minimum atomic E-state index is -0.0843. The van der Waals surface area contributed by atoms with Gasteiger partial charge < -0.3 is 19.5 Å². The minimum Gasteiger partial charge on any atom is -0.491 e. The summed E-state index contributed by atoms with van der Waals surface area (Å²) in [5, 5.41) is 2.71. The molecule has 0 aliphatic rings. The third kappa shape index (κ3) is 9.37. The lowest BCUT2D eigenvalue weighted by molar-refractivity contribution is -0.114. The average molecular weight is 309 g/mol. The minimum absolute atomic E-state index is 0.0843. The van der Waals surface area contributed by atoms with E-state index in [1.165, 1.54) is 19.8 Å². The van der Waals surface area contributed by atoms with Crippen molar-refractivity contribution in [1.29, 1.82) is 0 Å². The fraction of sp³-hybridized carbons (Fsp3) is 0.588. The summed E-state index contributed by atoms with van der Waals surface area (Å²) >= 11 is 0. The van der Waals surface area contributed by atoms with Crippen LogP contribution < -0.4 is 10.1 Å². The lowest BCUT2D eigenvalue weighted by Gasteiger charge is -2.08. The highest BCUT2D eigenvalue weighted by Gasteiger charge is 1.97. The van der Waals surface area contributed by atoms with E-state index in [0.717, 1.165) is 24.5 Å². The molecule has 0 aliphatic carbocycles. The Morgan fingerprint density at radius 1 is 0.955 bits per heavy atom. The Balaban J connectivity index is 1.99. The summed E-state index contributed by atoms with van der Waals surface area (Å²) in [7, 11) is 0. The highest BCUT2D eigenvalue weighted by molar-refractivity contribution is 5.88. The molecule has 0 heterocycles. The van der Waals surface area contributed by atoms with Crippen molar-refractivity contribution in [1.82, 2.24) is 0 Å². The molecule has 0 spiro atoms. The average Bonchev–Trinajstić information content (AvgIpc) is 2.50. The van der Waals surface area contributed by atoms with Crippen LogP contribution in [0.2, 0.25) is 0 Å². The Labute approximate surface area is 132 Å². The number of benzene rings is 1. The van der Waals surface area contributed by atoms with Crippen LogP contribution in [0.15, 0.2) is 24.3 Å². The quantitative estimate of drug-likeness (QED) is 0.602. The van der Waals surface area contributed by atoms with Gasteiger partial charge in [-0.2, -0.15) is 0 Å². The summed E-state index contributed by atoms with van der Waals surface area (Å²) in [5.41, 5.74) is 0.760. The van der Waals surface area contributed by atoms with Gasteiger partial charge in [-0.25, -0.2) is 0 Å². The Morgan fingerprint density at radius 2 is 1.59 bits per heavy atom. The van der Waals surface area contributed by atoms with Crippen LogP contribution in [0.5, 0.6) is 5.75 Å². The van der Waals surface area contributed by atoms with Crippen molar-refractivity contribution < 1.29 is 19.0 Å². The summed E-state index contributed by atoms with van der Waals surface area (Å²) in [6.45, 7) is 6.73. The molecule has 1 amide bonds. The maximum Gasteiger partial charge on any atom is 0.221 e. The highest BCUT2D eigenvalue weighted by Crippen LogP contribution is 2.15. The van der Waals surface area contributed by atoms with Crippen LogP contribution >= 0.6 is 0 Å². The number of carbonyl (C=O) groups excluding carboxylic acids is 1. The van der Waals surface area contributed by atoms with Crippen LogP contribution in [-0.2, 0) is 14.3 Å². The lowest BCUT2D eigenvalue weighted by atomic mass is 10.3. The molecule has 1 aromatic rings. The van der Waals surface area contributed by atoms with Gasteiger partial charge in [-0.1, -0.05) is 19.8 Å². The molecule has 0 fully saturated rings. The van der Waals surface area contributed by atoms with E-state index in [9.17, 15) is 4.79 Å². The predicted molar refractivity (Wildman–Crippen MR) is 87.4 cm³/mol. The van der Waals surface area contributed by atoms with E-state index in [-0.39, 0.29) is 5.91 Å². The number of carbonyl (C=O) groups is 1. The zero-order chi connectivity index (χ0) is 16.0. The summed E-state index contributed by atoms with van der Waals surface area (Å²) in [4.78, 5) is 10.9. The van der Waals surface area contributed by atoms with Crippen molar-refractivity contribution in [3.8, 4) is 5.75 Å². The van der Waals surface area contributed by atoms with Crippen molar-refractivity contribution in [2.75, 3.05) is 38.4 Å². The zero-order valence-electron chi connectivity index (χ0n) is 13.6. The van der Waals surface area contributed by atoms with E-state index in [0.29, 0.717) is 26.4 Å². The molecule has 0 saturated heterocycles. The number of hydrogen-bond donors (Lipinski definition) is 1. The molecule has 0 aromatic heterocycles. The Morgan fingerprint density at radius 3 is 2.23 bits per heavy atom. The maximum absolute atomic E-state index is 10.9. The van der Waals surface area contributed by atoms with Gasteiger partial charge in [0.15, 0.2) is 0 Å². The summed E-state index contributed by atoms with van der Waals surface area (Å²) in [6.07, 6.45) is 3.55. The fourth-order valence-corrected chi connectivity index (χ4v) is 1.83. The lowest BCUT2D eigenvalue weighted by Crippen LogP contribution is -2.11. The van der Waals surface area contributed by atoms with Crippen molar-refractivity contribution in [2.45, 2.75) is 33.1 Å². The number of anilines is 1. The number of rotatable bonds is 12.